The number of hydrogen-bond acceptors (Lipinski definition) is 3. The summed E-state index contributed by atoms with van der Waals surface area (Å²) in [5, 5.41) is 0. The minimum atomic E-state index is 0. The van der Waals surface area contributed by atoms with Crippen LogP contribution in [0.3, 0.4) is 0 Å². The molecule has 0 aliphatic carbocycles. The second kappa shape index (κ2) is 19.3. The molecule has 0 aliphatic heterocycles. The Kier molecular flexibility index (Phi) is 26.5. The Morgan fingerprint density at radius 1 is 0.455 bits per heavy atom. The zero-order chi connectivity index (χ0) is 17.6. The van der Waals surface area contributed by atoms with Crippen LogP contribution in [-0.2, 0) is 0 Å². The Hall–Kier alpha value is 0.270. The van der Waals surface area contributed by atoms with Crippen molar-refractivity contribution in [3.63, 3.8) is 0 Å². The van der Waals surface area contributed by atoms with Crippen molar-refractivity contribution in [2.45, 2.75) is 101 Å². The van der Waals surface area contributed by atoms with Crippen molar-refractivity contribution in [1.29, 1.82) is 0 Å². The molecule has 1 aromatic heterocycles. The molecule has 0 bridgehead atoms. The van der Waals surface area contributed by atoms with Gasteiger partial charge in [0.1, 0.15) is 17.5 Å². The molecule has 0 atom stereocenters. The summed E-state index contributed by atoms with van der Waals surface area (Å²) in [6, 6.07) is 0. The predicted molar refractivity (Wildman–Crippen MR) is 96.1 cm³/mol. The molecule has 0 saturated carbocycles. The van der Waals surface area contributed by atoms with Crippen LogP contribution < -0.4 is 0 Å². The molecule has 1 heterocycles. The summed E-state index contributed by atoms with van der Waals surface area (Å²) in [6.07, 6.45) is 0. The van der Waals surface area contributed by atoms with Gasteiger partial charge in [0.2, 0.25) is 0 Å². The minimum Gasteiger partial charge on any atom is -0.217 e. The van der Waals surface area contributed by atoms with Gasteiger partial charge in [-0.25, -0.2) is 15.0 Å². The maximum Gasteiger partial charge on any atom is 0.135 e. The first kappa shape index (κ1) is 30.2. The van der Waals surface area contributed by atoms with Crippen molar-refractivity contribution < 1.29 is 37.7 Å². The number of hydrogen-bond donors (Lipinski definition) is 0. The van der Waals surface area contributed by atoms with Crippen molar-refractivity contribution in [2.24, 2.45) is 0 Å². The molecular weight excluding hydrogens is 298 g/mol. The molecule has 0 amide bonds. The van der Waals surface area contributed by atoms with Crippen molar-refractivity contribution in [3.05, 3.63) is 17.5 Å². The fraction of sp³-hybridized carbons (Fsp3) is 0.833. The average Bonchev–Trinajstić information content (AvgIpc) is 2.52. The fourth-order valence-corrected chi connectivity index (χ4v) is 1.20. The summed E-state index contributed by atoms with van der Waals surface area (Å²) in [5.41, 5.74) is 0. The molecule has 22 heavy (non-hydrogen) atoms. The first-order valence-electron chi connectivity index (χ1n) is 8.67. The van der Waals surface area contributed by atoms with Crippen LogP contribution in [-0.4, -0.2) is 15.0 Å². The molecule has 0 spiro atoms. The van der Waals surface area contributed by atoms with Gasteiger partial charge in [-0.05, 0) is 0 Å². The molecule has 0 N–H and O–H groups in total. The van der Waals surface area contributed by atoms with Gasteiger partial charge in [0.05, 0.1) is 0 Å². The molecule has 1 rings (SSSR count). The normalized spacial score (nSPS) is 8.86. The quantitative estimate of drug-likeness (QED) is 0.647. The van der Waals surface area contributed by atoms with Gasteiger partial charge in [0, 0.05) is 55.5 Å². The van der Waals surface area contributed by atoms with E-state index in [1.165, 1.54) is 0 Å². The van der Waals surface area contributed by atoms with Crippen LogP contribution in [0.1, 0.15) is 118 Å². The molecule has 0 radical (unpaired) electrons. The summed E-state index contributed by atoms with van der Waals surface area (Å²) < 4.78 is 0. The van der Waals surface area contributed by atoms with E-state index in [9.17, 15) is 0 Å². The van der Waals surface area contributed by atoms with Crippen molar-refractivity contribution in [3.8, 4) is 0 Å². The van der Waals surface area contributed by atoms with Gasteiger partial charge in [0.15, 0.2) is 0 Å². The maximum absolute atomic E-state index is 4.49. The van der Waals surface area contributed by atoms with Gasteiger partial charge in [-0.1, -0.05) is 83.1 Å². The summed E-state index contributed by atoms with van der Waals surface area (Å²) in [4.78, 5) is 13.5. The van der Waals surface area contributed by atoms with Crippen molar-refractivity contribution in [2.75, 3.05) is 0 Å². The second-order valence-electron chi connectivity index (χ2n) is 4.87. The molecule has 4 heteroatoms. The average molecular weight is 337 g/mol. The van der Waals surface area contributed by atoms with E-state index in [0.29, 0.717) is 17.8 Å². The fourth-order valence-electron chi connectivity index (χ4n) is 1.20. The SMILES string of the molecule is CC.CC.CC.CC(C)c1nc(C(C)C)nc(C(C)C)n1.[Ar]. The van der Waals surface area contributed by atoms with Gasteiger partial charge in [-0.3, -0.25) is 0 Å². The molecular formula is C18H39ArN3. The van der Waals surface area contributed by atoms with Gasteiger partial charge in [-0.15, -0.1) is 0 Å². The zero-order valence-electron chi connectivity index (χ0n) is 16.9. The maximum atomic E-state index is 4.49. The Morgan fingerprint density at radius 2 is 0.591 bits per heavy atom. The van der Waals surface area contributed by atoms with Crippen LogP contribution in [0.2, 0.25) is 0 Å². The summed E-state index contributed by atoms with van der Waals surface area (Å²) in [6.45, 7) is 24.7. The van der Waals surface area contributed by atoms with Gasteiger partial charge in [-0.2, -0.15) is 0 Å². The summed E-state index contributed by atoms with van der Waals surface area (Å²) in [5.74, 6) is 3.83. The van der Waals surface area contributed by atoms with Crippen LogP contribution in [0.15, 0.2) is 0 Å². The monoisotopic (exact) mass is 337 g/mol. The third-order valence-corrected chi connectivity index (χ3v) is 2.24. The Labute approximate surface area is 170 Å². The molecule has 0 aliphatic rings. The molecule has 134 valence electrons. The Balaban J connectivity index is -0.000000206. The van der Waals surface area contributed by atoms with Crippen LogP contribution >= 0.6 is 0 Å². The predicted octanol–water partition coefficient (Wildman–Crippen LogP) is 6.32. The Morgan fingerprint density at radius 3 is 0.682 bits per heavy atom. The summed E-state index contributed by atoms with van der Waals surface area (Å²) in [7, 11) is 0. The standard InChI is InChI=1S/C12H21N3.3C2H6.Ar/c1-7(2)10-13-11(8(3)4)15-12(14-10)9(5)6;3*1-2;/h7-9H,1-6H3;3*1-2H3;. The van der Waals surface area contributed by atoms with E-state index >= 15 is 0 Å². The first-order chi connectivity index (χ1) is 9.91. The van der Waals surface area contributed by atoms with Gasteiger partial charge < -0.3 is 0 Å². The van der Waals surface area contributed by atoms with E-state index in [1.807, 2.05) is 41.5 Å². The zero-order valence-corrected chi connectivity index (χ0v) is 17.6. The second-order valence-corrected chi connectivity index (χ2v) is 4.87. The molecule has 0 fully saturated rings. The molecule has 0 unspecified atom stereocenters. The van der Waals surface area contributed by atoms with Crippen molar-refractivity contribution >= 4 is 0 Å². The van der Waals surface area contributed by atoms with Crippen LogP contribution in [0.4, 0.5) is 0 Å². The Bertz CT molecular complexity index is 272. The van der Waals surface area contributed by atoms with E-state index in [4.69, 9.17) is 0 Å². The first-order valence-corrected chi connectivity index (χ1v) is 8.67. The molecule has 0 saturated heterocycles. The van der Waals surface area contributed by atoms with E-state index in [1.54, 1.807) is 0 Å². The molecule has 0 aromatic carbocycles. The third-order valence-electron chi connectivity index (χ3n) is 2.24. The van der Waals surface area contributed by atoms with Crippen LogP contribution in [0.5, 0.6) is 0 Å². The number of rotatable bonds is 3. The largest absolute Gasteiger partial charge is 0.217 e. The van der Waals surface area contributed by atoms with Gasteiger partial charge >= 0.3 is 0 Å². The minimum absolute atomic E-state index is 0. The van der Waals surface area contributed by atoms with Gasteiger partial charge in [0.25, 0.3) is 0 Å². The van der Waals surface area contributed by atoms with Crippen molar-refractivity contribution in [1.82, 2.24) is 15.0 Å². The molecule has 1 aromatic rings. The smallest absolute Gasteiger partial charge is 0.135 e. The molecule has 3 nitrogen and oxygen atoms in total. The number of nitrogens with zero attached hydrogens (tertiary/aromatic N) is 3. The van der Waals surface area contributed by atoms with Crippen LogP contribution in [0, 0.1) is 37.7 Å². The van der Waals surface area contributed by atoms with E-state index < -0.39 is 0 Å². The summed E-state index contributed by atoms with van der Waals surface area (Å²) >= 11 is 0. The number of aromatic nitrogens is 3. The van der Waals surface area contributed by atoms with E-state index in [0.717, 1.165) is 17.5 Å². The van der Waals surface area contributed by atoms with E-state index in [-0.39, 0.29) is 37.7 Å². The van der Waals surface area contributed by atoms with E-state index in [2.05, 4.69) is 56.5 Å². The van der Waals surface area contributed by atoms with Crippen LogP contribution in [0.25, 0.3) is 0 Å². The third kappa shape index (κ3) is 12.8. The topological polar surface area (TPSA) is 38.7 Å².